The van der Waals surface area contributed by atoms with Crippen molar-refractivity contribution in [3.63, 3.8) is 0 Å². The standard InChI is InChI=1S/C18H16FNO4/c1-20(10-11-2-4-12(5-3-11)18(22)23)17(21)16-9-13-8-14(19)6-7-15(13)24-16/h2-8,16H,9-10H2,1H3,(H,22,23). The first-order chi connectivity index (χ1) is 11.4. The van der Waals surface area contributed by atoms with Gasteiger partial charge in [0.25, 0.3) is 5.91 Å². The van der Waals surface area contributed by atoms with Crippen LogP contribution >= 0.6 is 0 Å². The first-order valence-electron chi connectivity index (χ1n) is 7.46. The third-order valence-electron chi connectivity index (χ3n) is 3.97. The molecule has 0 spiro atoms. The van der Waals surface area contributed by atoms with Crippen LogP contribution in [0.5, 0.6) is 5.75 Å². The summed E-state index contributed by atoms with van der Waals surface area (Å²) in [6.45, 7) is 0.337. The number of aromatic carboxylic acids is 1. The van der Waals surface area contributed by atoms with Crippen LogP contribution in [-0.2, 0) is 17.8 Å². The van der Waals surface area contributed by atoms with E-state index in [4.69, 9.17) is 9.84 Å². The molecule has 1 heterocycles. The zero-order chi connectivity index (χ0) is 17.3. The Labute approximate surface area is 138 Å². The molecule has 0 aliphatic carbocycles. The molecule has 1 unspecified atom stereocenters. The number of carboxylic acids is 1. The van der Waals surface area contributed by atoms with Crippen molar-refractivity contribution in [2.24, 2.45) is 0 Å². The number of rotatable bonds is 4. The lowest BCUT2D eigenvalue weighted by molar-refractivity contribution is -0.137. The van der Waals surface area contributed by atoms with Gasteiger partial charge in [0, 0.05) is 25.6 Å². The number of amides is 1. The van der Waals surface area contributed by atoms with Gasteiger partial charge in [0.1, 0.15) is 11.6 Å². The summed E-state index contributed by atoms with van der Waals surface area (Å²) < 4.78 is 18.8. The highest BCUT2D eigenvalue weighted by Crippen LogP contribution is 2.30. The van der Waals surface area contributed by atoms with E-state index in [9.17, 15) is 14.0 Å². The van der Waals surface area contributed by atoms with Gasteiger partial charge in [0.2, 0.25) is 0 Å². The predicted octanol–water partition coefficient (Wildman–Crippen LogP) is 2.49. The molecule has 6 heteroatoms. The molecule has 124 valence electrons. The first kappa shape index (κ1) is 16.0. The van der Waals surface area contributed by atoms with E-state index in [0.29, 0.717) is 24.3 Å². The average molecular weight is 329 g/mol. The first-order valence-corrected chi connectivity index (χ1v) is 7.46. The Morgan fingerprint density at radius 1 is 1.25 bits per heavy atom. The van der Waals surface area contributed by atoms with Crippen molar-refractivity contribution >= 4 is 11.9 Å². The van der Waals surface area contributed by atoms with Crippen LogP contribution in [0.25, 0.3) is 0 Å². The summed E-state index contributed by atoms with van der Waals surface area (Å²) in [4.78, 5) is 24.8. The number of carbonyl (C=O) groups is 2. The number of likely N-dealkylation sites (N-methyl/N-ethyl adjacent to an activating group) is 1. The van der Waals surface area contributed by atoms with E-state index in [2.05, 4.69) is 0 Å². The normalized spacial score (nSPS) is 15.5. The zero-order valence-corrected chi connectivity index (χ0v) is 13.0. The maximum atomic E-state index is 13.2. The van der Waals surface area contributed by atoms with Gasteiger partial charge in [-0.3, -0.25) is 4.79 Å². The smallest absolute Gasteiger partial charge is 0.335 e. The second-order valence-corrected chi connectivity index (χ2v) is 5.76. The van der Waals surface area contributed by atoms with E-state index in [1.807, 2.05) is 0 Å². The topological polar surface area (TPSA) is 66.8 Å². The highest BCUT2D eigenvalue weighted by atomic mass is 19.1. The van der Waals surface area contributed by atoms with Gasteiger partial charge < -0.3 is 14.7 Å². The largest absolute Gasteiger partial charge is 0.480 e. The lowest BCUT2D eigenvalue weighted by Gasteiger charge is -2.21. The number of nitrogens with zero attached hydrogens (tertiary/aromatic N) is 1. The molecule has 2 aromatic carbocycles. The van der Waals surface area contributed by atoms with Gasteiger partial charge in [-0.2, -0.15) is 0 Å². The number of hydrogen-bond donors (Lipinski definition) is 1. The number of carboxylic acid groups (broad SMARTS) is 1. The molecule has 24 heavy (non-hydrogen) atoms. The highest BCUT2D eigenvalue weighted by molar-refractivity contribution is 5.87. The molecule has 0 aromatic heterocycles. The minimum Gasteiger partial charge on any atom is -0.480 e. The van der Waals surface area contributed by atoms with Crippen LogP contribution in [0.15, 0.2) is 42.5 Å². The molecule has 0 fully saturated rings. The number of carbonyl (C=O) groups excluding carboxylic acids is 1. The predicted molar refractivity (Wildman–Crippen MR) is 84.4 cm³/mol. The fourth-order valence-corrected chi connectivity index (χ4v) is 2.71. The molecule has 0 bridgehead atoms. The quantitative estimate of drug-likeness (QED) is 0.936. The van der Waals surface area contributed by atoms with E-state index in [0.717, 1.165) is 5.56 Å². The molecular formula is C18H16FNO4. The van der Waals surface area contributed by atoms with Crippen LogP contribution < -0.4 is 4.74 Å². The van der Waals surface area contributed by atoms with Gasteiger partial charge in [-0.15, -0.1) is 0 Å². The van der Waals surface area contributed by atoms with E-state index in [1.54, 1.807) is 19.2 Å². The third-order valence-corrected chi connectivity index (χ3v) is 3.97. The Balaban J connectivity index is 1.64. The molecule has 3 rings (SSSR count). The molecular weight excluding hydrogens is 313 g/mol. The lowest BCUT2D eigenvalue weighted by Crippen LogP contribution is -2.38. The number of hydrogen-bond acceptors (Lipinski definition) is 3. The van der Waals surface area contributed by atoms with Crippen LogP contribution in [0.2, 0.25) is 0 Å². The van der Waals surface area contributed by atoms with E-state index < -0.39 is 12.1 Å². The maximum absolute atomic E-state index is 13.2. The number of fused-ring (bicyclic) bond motifs is 1. The number of benzene rings is 2. The van der Waals surface area contributed by atoms with Crippen molar-refractivity contribution in [1.82, 2.24) is 4.90 Å². The van der Waals surface area contributed by atoms with Crippen molar-refractivity contribution in [3.05, 3.63) is 65.0 Å². The summed E-state index contributed by atoms with van der Waals surface area (Å²) in [5.74, 6) is -1.00. The van der Waals surface area contributed by atoms with Crippen molar-refractivity contribution in [1.29, 1.82) is 0 Å². The summed E-state index contributed by atoms with van der Waals surface area (Å²) in [7, 11) is 1.65. The monoisotopic (exact) mass is 329 g/mol. The van der Waals surface area contributed by atoms with Crippen LogP contribution in [0.4, 0.5) is 4.39 Å². The second kappa shape index (κ2) is 6.31. The lowest BCUT2D eigenvalue weighted by atomic mass is 10.1. The van der Waals surface area contributed by atoms with Gasteiger partial charge >= 0.3 is 5.97 Å². The summed E-state index contributed by atoms with van der Waals surface area (Å²) >= 11 is 0. The molecule has 5 nitrogen and oxygen atoms in total. The van der Waals surface area contributed by atoms with Crippen LogP contribution in [0.3, 0.4) is 0 Å². The molecule has 1 N–H and O–H groups in total. The summed E-state index contributed by atoms with van der Waals surface area (Å²) in [6, 6.07) is 10.6. The minimum absolute atomic E-state index is 0.198. The Bertz CT molecular complexity index is 788. The number of halogens is 1. The second-order valence-electron chi connectivity index (χ2n) is 5.76. The van der Waals surface area contributed by atoms with Gasteiger partial charge in [0.15, 0.2) is 6.10 Å². The van der Waals surface area contributed by atoms with Crippen molar-refractivity contribution in [3.8, 4) is 5.75 Å². The van der Waals surface area contributed by atoms with Crippen molar-refractivity contribution < 1.29 is 23.8 Å². The minimum atomic E-state index is -0.990. The molecule has 0 saturated carbocycles. The van der Waals surface area contributed by atoms with Gasteiger partial charge in [-0.25, -0.2) is 9.18 Å². The van der Waals surface area contributed by atoms with Gasteiger partial charge in [-0.1, -0.05) is 12.1 Å². The number of ether oxygens (including phenoxy) is 1. The SMILES string of the molecule is CN(Cc1ccc(C(=O)O)cc1)C(=O)C1Cc2cc(F)ccc2O1. The Kier molecular flexibility index (Phi) is 4.20. The van der Waals surface area contributed by atoms with Crippen molar-refractivity contribution in [2.75, 3.05) is 7.05 Å². The van der Waals surface area contributed by atoms with E-state index >= 15 is 0 Å². The van der Waals surface area contributed by atoms with Crippen molar-refractivity contribution in [2.45, 2.75) is 19.1 Å². The highest BCUT2D eigenvalue weighted by Gasteiger charge is 2.31. The molecule has 1 aliphatic heterocycles. The van der Waals surface area contributed by atoms with Crippen LogP contribution in [-0.4, -0.2) is 35.0 Å². The molecule has 2 aromatic rings. The molecule has 1 aliphatic rings. The summed E-state index contributed by atoms with van der Waals surface area (Å²) in [5, 5.41) is 8.89. The van der Waals surface area contributed by atoms with Crippen LogP contribution in [0.1, 0.15) is 21.5 Å². The fraction of sp³-hybridized carbons (Fsp3) is 0.222. The summed E-state index contributed by atoms with van der Waals surface area (Å²) in [6.07, 6.45) is -0.320. The Morgan fingerprint density at radius 2 is 1.96 bits per heavy atom. The maximum Gasteiger partial charge on any atom is 0.335 e. The zero-order valence-electron chi connectivity index (χ0n) is 13.0. The van der Waals surface area contributed by atoms with Crippen LogP contribution in [0, 0.1) is 5.82 Å². The van der Waals surface area contributed by atoms with Gasteiger partial charge in [-0.05, 0) is 35.9 Å². The molecule has 1 amide bonds. The fourth-order valence-electron chi connectivity index (χ4n) is 2.71. The van der Waals surface area contributed by atoms with E-state index in [-0.39, 0.29) is 17.3 Å². The summed E-state index contributed by atoms with van der Waals surface area (Å²) in [5.41, 5.74) is 1.70. The van der Waals surface area contributed by atoms with E-state index in [1.165, 1.54) is 35.2 Å². The Morgan fingerprint density at radius 3 is 2.62 bits per heavy atom. The average Bonchev–Trinajstić information content (AvgIpc) is 2.97. The molecule has 0 saturated heterocycles. The molecule has 0 radical (unpaired) electrons. The molecule has 1 atom stereocenters. The Hall–Kier alpha value is -2.89. The third kappa shape index (κ3) is 3.22. The van der Waals surface area contributed by atoms with Gasteiger partial charge in [0.05, 0.1) is 5.56 Å².